The topological polar surface area (TPSA) is 78.4 Å². The number of hydrogen-bond acceptors (Lipinski definition) is 2. The maximum absolute atomic E-state index is 11.5. The lowest BCUT2D eigenvalue weighted by molar-refractivity contribution is -0.142. The van der Waals surface area contributed by atoms with E-state index in [0.29, 0.717) is 11.3 Å². The van der Waals surface area contributed by atoms with Gasteiger partial charge in [0.2, 0.25) is 0 Å². The molecule has 1 rings (SSSR count). The van der Waals surface area contributed by atoms with Gasteiger partial charge in [0.25, 0.3) is 0 Å². The molecule has 0 aromatic heterocycles. The summed E-state index contributed by atoms with van der Waals surface area (Å²) in [6.45, 7) is 5.25. The zero-order valence-electron chi connectivity index (χ0n) is 11.8. The fraction of sp³-hybridized carbons (Fsp3) is 0.333. The van der Waals surface area contributed by atoms with Crippen LogP contribution in [0.15, 0.2) is 24.3 Å². The number of aliphatic carboxylic acids is 1. The van der Waals surface area contributed by atoms with Crippen molar-refractivity contribution in [3.8, 4) is 11.8 Å². The number of hydrogen-bond donors (Lipinski definition) is 3. The van der Waals surface area contributed by atoms with E-state index in [2.05, 4.69) is 22.5 Å². The quantitative estimate of drug-likeness (QED) is 0.736. The average molecular weight is 274 g/mol. The Hall–Kier alpha value is -2.48. The van der Waals surface area contributed by atoms with E-state index in [1.165, 1.54) is 0 Å². The molecule has 0 saturated heterocycles. The molecule has 0 heterocycles. The molecular formula is C15H18N2O3. The molecule has 0 aliphatic carbocycles. The number of anilines is 1. The van der Waals surface area contributed by atoms with Crippen molar-refractivity contribution in [3.63, 3.8) is 0 Å². The van der Waals surface area contributed by atoms with Crippen molar-refractivity contribution in [1.29, 1.82) is 0 Å². The molecule has 106 valence electrons. The first-order valence-electron chi connectivity index (χ1n) is 6.16. The van der Waals surface area contributed by atoms with Gasteiger partial charge in [-0.2, -0.15) is 0 Å². The normalized spacial score (nSPS) is 10.2. The number of rotatable bonds is 4. The minimum absolute atomic E-state index is 0.284. The molecule has 0 aliphatic rings. The van der Waals surface area contributed by atoms with Crippen molar-refractivity contribution >= 4 is 17.7 Å². The monoisotopic (exact) mass is 274 g/mol. The Bertz CT molecular complexity index is 551. The van der Waals surface area contributed by atoms with Gasteiger partial charge in [-0.05, 0) is 38.5 Å². The van der Waals surface area contributed by atoms with Crippen molar-refractivity contribution in [3.05, 3.63) is 29.8 Å². The van der Waals surface area contributed by atoms with Crippen LogP contribution in [0.4, 0.5) is 10.5 Å². The van der Waals surface area contributed by atoms with E-state index >= 15 is 0 Å². The van der Waals surface area contributed by atoms with E-state index in [0.717, 1.165) is 0 Å². The lowest BCUT2D eigenvalue weighted by Crippen LogP contribution is -2.29. The summed E-state index contributed by atoms with van der Waals surface area (Å²) in [4.78, 5) is 22.6. The number of carbonyl (C=O) groups is 2. The van der Waals surface area contributed by atoms with Gasteiger partial charge in [-0.1, -0.05) is 18.1 Å². The van der Waals surface area contributed by atoms with Crippen molar-refractivity contribution in [2.45, 2.75) is 26.2 Å². The molecule has 1 aromatic carbocycles. The molecule has 0 fully saturated rings. The second-order valence-corrected chi connectivity index (χ2v) is 4.74. The predicted molar refractivity (Wildman–Crippen MR) is 77.6 cm³/mol. The van der Waals surface area contributed by atoms with Crippen LogP contribution in [-0.4, -0.2) is 23.7 Å². The van der Waals surface area contributed by atoms with Crippen LogP contribution in [0.5, 0.6) is 0 Å². The Morgan fingerprint density at radius 3 is 2.35 bits per heavy atom. The molecule has 0 spiro atoms. The van der Waals surface area contributed by atoms with E-state index in [9.17, 15) is 9.59 Å². The zero-order chi connectivity index (χ0) is 15.2. The van der Waals surface area contributed by atoms with Gasteiger partial charge in [0.15, 0.2) is 0 Å². The van der Waals surface area contributed by atoms with Crippen molar-refractivity contribution in [2.24, 2.45) is 0 Å². The summed E-state index contributed by atoms with van der Waals surface area (Å²) < 4.78 is 0. The highest BCUT2D eigenvalue weighted by molar-refractivity contribution is 5.89. The third kappa shape index (κ3) is 4.02. The molecule has 0 aliphatic heterocycles. The highest BCUT2D eigenvalue weighted by Gasteiger charge is 2.29. The largest absolute Gasteiger partial charge is 0.481 e. The Morgan fingerprint density at radius 1 is 1.25 bits per heavy atom. The molecule has 0 unspecified atom stereocenters. The molecule has 3 N–H and O–H groups in total. The molecule has 0 atom stereocenters. The van der Waals surface area contributed by atoms with Crippen molar-refractivity contribution < 1.29 is 14.7 Å². The first-order chi connectivity index (χ1) is 9.37. The van der Waals surface area contributed by atoms with Crippen LogP contribution in [0.2, 0.25) is 0 Å². The third-order valence-electron chi connectivity index (χ3n) is 2.91. The molecule has 5 heteroatoms. The third-order valence-corrected chi connectivity index (χ3v) is 2.91. The van der Waals surface area contributed by atoms with Crippen LogP contribution < -0.4 is 10.6 Å². The van der Waals surface area contributed by atoms with E-state index in [4.69, 9.17) is 5.11 Å². The van der Waals surface area contributed by atoms with E-state index in [1.807, 2.05) is 0 Å². The molecule has 0 bridgehead atoms. The Labute approximate surface area is 118 Å². The minimum Gasteiger partial charge on any atom is -0.481 e. The SMILES string of the molecule is CC#CCNC(=O)Nc1ccc(C(C)(C)C(=O)O)cc1. The Morgan fingerprint density at radius 2 is 1.85 bits per heavy atom. The number of carboxylic acid groups (broad SMARTS) is 1. The van der Waals surface area contributed by atoms with E-state index in [1.54, 1.807) is 45.0 Å². The van der Waals surface area contributed by atoms with Crippen LogP contribution >= 0.6 is 0 Å². The van der Waals surface area contributed by atoms with Gasteiger partial charge in [-0.15, -0.1) is 5.92 Å². The summed E-state index contributed by atoms with van der Waals surface area (Å²) in [6.07, 6.45) is 0. The van der Waals surface area contributed by atoms with E-state index < -0.39 is 11.4 Å². The lowest BCUT2D eigenvalue weighted by Gasteiger charge is -2.19. The minimum atomic E-state index is -0.961. The summed E-state index contributed by atoms with van der Waals surface area (Å²) in [5.74, 6) is 4.50. The summed E-state index contributed by atoms with van der Waals surface area (Å²) in [7, 11) is 0. The average Bonchev–Trinajstić information content (AvgIpc) is 2.39. The number of amides is 2. The van der Waals surface area contributed by atoms with Crippen LogP contribution in [0, 0.1) is 11.8 Å². The molecule has 20 heavy (non-hydrogen) atoms. The zero-order valence-corrected chi connectivity index (χ0v) is 11.8. The second kappa shape index (κ2) is 6.62. The standard InChI is InChI=1S/C15H18N2O3/c1-4-5-10-16-14(20)17-12-8-6-11(7-9-12)15(2,3)13(18)19/h6-9H,10H2,1-3H3,(H,18,19)(H2,16,17,20). The maximum Gasteiger partial charge on any atom is 0.319 e. The fourth-order valence-corrected chi connectivity index (χ4v) is 1.48. The first kappa shape index (κ1) is 15.6. The van der Waals surface area contributed by atoms with Crippen molar-refractivity contribution in [2.75, 3.05) is 11.9 Å². The van der Waals surface area contributed by atoms with Crippen LogP contribution in [0.3, 0.4) is 0 Å². The van der Waals surface area contributed by atoms with Gasteiger partial charge in [0, 0.05) is 5.69 Å². The van der Waals surface area contributed by atoms with Gasteiger partial charge < -0.3 is 15.7 Å². The summed E-state index contributed by atoms with van der Waals surface area (Å²) >= 11 is 0. The summed E-state index contributed by atoms with van der Waals surface area (Å²) in [6, 6.07) is 6.37. The van der Waals surface area contributed by atoms with Gasteiger partial charge in [-0.3, -0.25) is 4.79 Å². The Kier molecular flexibility index (Phi) is 5.15. The number of urea groups is 1. The molecule has 1 aromatic rings. The van der Waals surface area contributed by atoms with Crippen LogP contribution in [0.25, 0.3) is 0 Å². The highest BCUT2D eigenvalue weighted by atomic mass is 16.4. The summed E-state index contributed by atoms with van der Waals surface area (Å²) in [5, 5.41) is 14.4. The number of carboxylic acids is 1. The molecule has 5 nitrogen and oxygen atoms in total. The van der Waals surface area contributed by atoms with Gasteiger partial charge >= 0.3 is 12.0 Å². The van der Waals surface area contributed by atoms with Gasteiger partial charge in [0.1, 0.15) is 0 Å². The van der Waals surface area contributed by atoms with E-state index in [-0.39, 0.29) is 12.6 Å². The van der Waals surface area contributed by atoms with Gasteiger partial charge in [0.05, 0.1) is 12.0 Å². The second-order valence-electron chi connectivity index (χ2n) is 4.74. The molecule has 0 radical (unpaired) electrons. The Balaban J connectivity index is 2.69. The van der Waals surface area contributed by atoms with Crippen LogP contribution in [-0.2, 0) is 10.2 Å². The first-order valence-corrected chi connectivity index (χ1v) is 6.16. The number of benzene rings is 1. The molecule has 2 amide bonds. The summed E-state index contributed by atoms with van der Waals surface area (Å²) in [5.41, 5.74) is 0.307. The predicted octanol–water partition coefficient (Wildman–Crippen LogP) is 2.19. The highest BCUT2D eigenvalue weighted by Crippen LogP contribution is 2.24. The lowest BCUT2D eigenvalue weighted by atomic mass is 9.85. The maximum atomic E-state index is 11.5. The number of carbonyl (C=O) groups excluding carboxylic acids is 1. The van der Waals surface area contributed by atoms with Crippen molar-refractivity contribution in [1.82, 2.24) is 5.32 Å². The van der Waals surface area contributed by atoms with Gasteiger partial charge in [-0.25, -0.2) is 4.79 Å². The smallest absolute Gasteiger partial charge is 0.319 e. The fourth-order valence-electron chi connectivity index (χ4n) is 1.48. The van der Waals surface area contributed by atoms with Crippen LogP contribution in [0.1, 0.15) is 26.3 Å². The number of nitrogens with one attached hydrogen (secondary N) is 2. The molecule has 0 saturated carbocycles. The molecular weight excluding hydrogens is 256 g/mol.